The largest absolute Gasteiger partial charge is 0.453 e. The summed E-state index contributed by atoms with van der Waals surface area (Å²) in [5.41, 5.74) is 1.72. The first-order chi connectivity index (χ1) is 13.6. The van der Waals surface area contributed by atoms with Crippen molar-refractivity contribution in [2.45, 2.75) is 33.4 Å². The number of fused-ring (bicyclic) bond motifs is 1. The number of aryl methyl sites for hydroxylation is 2. The van der Waals surface area contributed by atoms with Crippen molar-refractivity contribution >= 4 is 39.1 Å². The molecule has 0 atom stereocenters. The zero-order valence-corrected chi connectivity index (χ0v) is 16.9. The first-order valence-corrected chi connectivity index (χ1v) is 9.93. The van der Waals surface area contributed by atoms with Crippen molar-refractivity contribution in [1.29, 1.82) is 0 Å². The van der Waals surface area contributed by atoms with Gasteiger partial charge in [0.1, 0.15) is 9.71 Å². The predicted molar refractivity (Wildman–Crippen MR) is 106 cm³/mol. The highest BCUT2D eigenvalue weighted by atomic mass is 35.5. The van der Waals surface area contributed by atoms with Crippen LogP contribution in [-0.4, -0.2) is 36.0 Å². The van der Waals surface area contributed by atoms with E-state index in [1.54, 1.807) is 4.68 Å². The van der Waals surface area contributed by atoms with Crippen molar-refractivity contribution in [3.63, 3.8) is 0 Å². The third kappa shape index (κ3) is 3.50. The predicted octanol–water partition coefficient (Wildman–Crippen LogP) is 3.80. The van der Waals surface area contributed by atoms with Crippen LogP contribution >= 0.6 is 22.9 Å². The van der Waals surface area contributed by atoms with E-state index < -0.39 is 5.97 Å². The first kappa shape index (κ1) is 18.6. The molecule has 0 aliphatic rings. The van der Waals surface area contributed by atoms with Gasteiger partial charge >= 0.3 is 5.97 Å². The molecule has 0 bridgehead atoms. The Balaban J connectivity index is 1.57. The fourth-order valence-corrected chi connectivity index (χ4v) is 4.02. The van der Waals surface area contributed by atoms with Gasteiger partial charge in [0, 0.05) is 17.0 Å². The van der Waals surface area contributed by atoms with Crippen LogP contribution in [0.15, 0.2) is 30.3 Å². The van der Waals surface area contributed by atoms with Gasteiger partial charge in [-0.05, 0) is 54.1 Å². The van der Waals surface area contributed by atoms with Crippen LogP contribution in [0.2, 0.25) is 5.02 Å². The van der Waals surface area contributed by atoms with Crippen LogP contribution in [0, 0.1) is 6.92 Å². The summed E-state index contributed by atoms with van der Waals surface area (Å²) in [6, 6.07) is 9.21. The smallest absolute Gasteiger partial charge is 0.348 e. The molecule has 1 aromatic carbocycles. The van der Waals surface area contributed by atoms with Crippen molar-refractivity contribution in [2.75, 3.05) is 0 Å². The van der Waals surface area contributed by atoms with E-state index in [1.165, 1.54) is 11.3 Å². The van der Waals surface area contributed by atoms with Crippen LogP contribution in [0.4, 0.5) is 0 Å². The van der Waals surface area contributed by atoms with Crippen molar-refractivity contribution in [1.82, 2.24) is 30.0 Å². The van der Waals surface area contributed by atoms with E-state index in [0.717, 1.165) is 28.0 Å². The number of esters is 1. The fraction of sp³-hybridized carbons (Fsp3) is 0.278. The van der Waals surface area contributed by atoms with E-state index in [0.29, 0.717) is 22.3 Å². The number of hydrogen-bond acceptors (Lipinski definition) is 7. The molecule has 3 heterocycles. The number of halogens is 1. The zero-order chi connectivity index (χ0) is 19.7. The second-order valence-corrected chi connectivity index (χ2v) is 7.66. The Labute approximate surface area is 169 Å². The van der Waals surface area contributed by atoms with E-state index in [-0.39, 0.29) is 6.61 Å². The Morgan fingerprint density at radius 2 is 2.07 bits per heavy atom. The van der Waals surface area contributed by atoms with Crippen molar-refractivity contribution in [3.05, 3.63) is 51.7 Å². The summed E-state index contributed by atoms with van der Waals surface area (Å²) in [6.07, 6.45) is 0.892. The summed E-state index contributed by atoms with van der Waals surface area (Å²) in [7, 11) is 0. The van der Waals surface area contributed by atoms with E-state index in [1.807, 2.05) is 48.9 Å². The fourth-order valence-electron chi connectivity index (χ4n) is 2.82. The van der Waals surface area contributed by atoms with E-state index in [2.05, 4.69) is 20.6 Å². The van der Waals surface area contributed by atoms with Gasteiger partial charge < -0.3 is 4.74 Å². The second kappa shape index (κ2) is 7.69. The van der Waals surface area contributed by atoms with Gasteiger partial charge in [-0.2, -0.15) is 5.10 Å². The Morgan fingerprint density at radius 3 is 2.82 bits per heavy atom. The number of ether oxygens (including phenoxy) is 1. The molecule has 0 fully saturated rings. The van der Waals surface area contributed by atoms with Crippen molar-refractivity contribution in [2.24, 2.45) is 0 Å². The lowest BCUT2D eigenvalue weighted by molar-refractivity contribution is 0.0462. The molecule has 0 saturated heterocycles. The standard InChI is InChI=1S/C18H17ClN6O2S/c1-3-8-24-16(20-22-23-24)10-27-18(26)15-9-14-11(2)21-25(17(14)28-15)13-6-4-12(19)5-7-13/h4-7,9H,3,8,10H2,1-2H3. The second-order valence-electron chi connectivity index (χ2n) is 6.20. The molecule has 0 aliphatic heterocycles. The Bertz CT molecular complexity index is 1130. The van der Waals surface area contributed by atoms with Gasteiger partial charge in [-0.1, -0.05) is 18.5 Å². The number of carbonyl (C=O) groups is 1. The van der Waals surface area contributed by atoms with Gasteiger partial charge in [-0.25, -0.2) is 14.2 Å². The summed E-state index contributed by atoms with van der Waals surface area (Å²) in [6.45, 7) is 4.65. The molecule has 4 aromatic rings. The van der Waals surface area contributed by atoms with E-state index >= 15 is 0 Å². The average molecular weight is 417 g/mol. The van der Waals surface area contributed by atoms with Crippen molar-refractivity contribution in [3.8, 4) is 5.69 Å². The molecule has 0 aliphatic carbocycles. The van der Waals surface area contributed by atoms with Crippen LogP contribution in [0.3, 0.4) is 0 Å². The van der Waals surface area contributed by atoms with Gasteiger partial charge in [-0.3, -0.25) is 0 Å². The summed E-state index contributed by atoms with van der Waals surface area (Å²) in [5.74, 6) is 0.120. The minimum Gasteiger partial charge on any atom is -0.453 e. The highest BCUT2D eigenvalue weighted by Crippen LogP contribution is 2.31. The monoisotopic (exact) mass is 416 g/mol. The minimum atomic E-state index is -0.408. The molecule has 0 radical (unpaired) electrons. The molecule has 0 N–H and O–H groups in total. The Morgan fingerprint density at radius 1 is 1.29 bits per heavy atom. The van der Waals surface area contributed by atoms with Gasteiger partial charge in [0.05, 0.1) is 11.4 Å². The topological polar surface area (TPSA) is 87.7 Å². The van der Waals surface area contributed by atoms with E-state index in [9.17, 15) is 4.79 Å². The van der Waals surface area contributed by atoms with Crippen LogP contribution < -0.4 is 0 Å². The Hall–Kier alpha value is -2.78. The first-order valence-electron chi connectivity index (χ1n) is 8.74. The normalized spacial score (nSPS) is 11.2. The molecular formula is C18H17ClN6O2S. The summed E-state index contributed by atoms with van der Waals surface area (Å²) in [5, 5.41) is 17.6. The molecule has 0 amide bonds. The lowest BCUT2D eigenvalue weighted by Crippen LogP contribution is -2.10. The summed E-state index contributed by atoms with van der Waals surface area (Å²) < 4.78 is 8.87. The van der Waals surface area contributed by atoms with Crippen LogP contribution in [-0.2, 0) is 17.9 Å². The van der Waals surface area contributed by atoms with Crippen molar-refractivity contribution < 1.29 is 9.53 Å². The molecule has 28 heavy (non-hydrogen) atoms. The summed E-state index contributed by atoms with van der Waals surface area (Å²) >= 11 is 7.31. The molecular weight excluding hydrogens is 400 g/mol. The summed E-state index contributed by atoms with van der Waals surface area (Å²) in [4.78, 5) is 13.9. The molecule has 0 unspecified atom stereocenters. The Kier molecular flexibility index (Phi) is 5.10. The van der Waals surface area contributed by atoms with Gasteiger partial charge in [0.2, 0.25) is 0 Å². The number of thiophene rings is 1. The maximum Gasteiger partial charge on any atom is 0.348 e. The lowest BCUT2D eigenvalue weighted by atomic mass is 10.3. The van der Waals surface area contributed by atoms with Gasteiger partial charge in [-0.15, -0.1) is 16.4 Å². The molecule has 10 heteroatoms. The van der Waals surface area contributed by atoms with Gasteiger partial charge in [0.15, 0.2) is 12.4 Å². The molecule has 3 aromatic heterocycles. The molecule has 0 spiro atoms. The number of hydrogen-bond donors (Lipinski definition) is 0. The number of tetrazole rings is 1. The number of carbonyl (C=O) groups excluding carboxylic acids is 1. The van der Waals surface area contributed by atoms with E-state index in [4.69, 9.17) is 16.3 Å². The third-order valence-electron chi connectivity index (χ3n) is 4.19. The molecule has 8 nitrogen and oxygen atoms in total. The average Bonchev–Trinajstić information content (AvgIpc) is 3.38. The third-order valence-corrected chi connectivity index (χ3v) is 5.53. The highest BCUT2D eigenvalue weighted by Gasteiger charge is 2.19. The number of nitrogens with zero attached hydrogens (tertiary/aromatic N) is 6. The number of aromatic nitrogens is 6. The number of rotatable bonds is 6. The van der Waals surface area contributed by atoms with Crippen LogP contribution in [0.1, 0.15) is 34.5 Å². The lowest BCUT2D eigenvalue weighted by Gasteiger charge is -2.04. The minimum absolute atomic E-state index is 0.0301. The van der Waals surface area contributed by atoms with Gasteiger partial charge in [0.25, 0.3) is 0 Å². The maximum absolute atomic E-state index is 12.5. The van der Waals surface area contributed by atoms with Crippen LogP contribution in [0.5, 0.6) is 0 Å². The molecule has 0 saturated carbocycles. The maximum atomic E-state index is 12.5. The number of benzene rings is 1. The quantitative estimate of drug-likeness (QED) is 0.444. The highest BCUT2D eigenvalue weighted by molar-refractivity contribution is 7.20. The molecule has 144 valence electrons. The molecule has 4 rings (SSSR count). The SMILES string of the molecule is CCCn1nnnc1COC(=O)c1cc2c(C)nn(-c3ccc(Cl)cc3)c2s1. The van der Waals surface area contributed by atoms with Crippen LogP contribution in [0.25, 0.3) is 15.9 Å². The zero-order valence-electron chi connectivity index (χ0n) is 15.3.